The number of hydrogen-bond donors (Lipinski definition) is 0. The molecule has 0 spiro atoms. The Bertz CT molecular complexity index is 494. The van der Waals surface area contributed by atoms with Crippen LogP contribution in [0.15, 0.2) is 24.3 Å². The van der Waals surface area contributed by atoms with E-state index in [0.717, 1.165) is 28.1 Å². The lowest BCUT2D eigenvalue weighted by molar-refractivity contribution is 0.397. The molecule has 2 aromatic rings. The van der Waals surface area contributed by atoms with Crippen LogP contribution in [0.2, 0.25) is 0 Å². The van der Waals surface area contributed by atoms with E-state index in [1.807, 2.05) is 31.2 Å². The third-order valence-corrected chi connectivity index (χ3v) is 2.33. The molecule has 0 amide bonds. The first kappa shape index (κ1) is 9.77. The van der Waals surface area contributed by atoms with Crippen molar-refractivity contribution in [2.24, 2.45) is 0 Å². The van der Waals surface area contributed by atoms with Crippen LogP contribution in [0.25, 0.3) is 10.9 Å². The van der Waals surface area contributed by atoms with Gasteiger partial charge in [-0.1, -0.05) is 6.07 Å². The number of nitrogens with zero attached hydrogens (tertiary/aromatic N) is 1. The van der Waals surface area contributed by atoms with Gasteiger partial charge in [0.25, 0.3) is 0 Å². The summed E-state index contributed by atoms with van der Waals surface area (Å²) in [4.78, 5) is 4.44. The molecule has 0 aliphatic rings. The summed E-state index contributed by atoms with van der Waals surface area (Å²) in [6, 6.07) is 7.78. The smallest absolute Gasteiger partial charge is 0.148 e. The first-order valence-corrected chi connectivity index (χ1v) is 4.74. The molecular weight excluding hydrogens is 190 g/mol. The van der Waals surface area contributed by atoms with Crippen LogP contribution in [0, 0.1) is 6.92 Å². The molecule has 0 aliphatic carbocycles. The van der Waals surface area contributed by atoms with E-state index in [-0.39, 0.29) is 0 Å². The molecule has 2 rings (SSSR count). The summed E-state index contributed by atoms with van der Waals surface area (Å²) in [6.45, 7) is 1.96. The zero-order chi connectivity index (χ0) is 10.8. The zero-order valence-electron chi connectivity index (χ0n) is 9.07. The first-order chi connectivity index (χ1) is 7.24. The Morgan fingerprint density at radius 2 is 1.87 bits per heavy atom. The molecule has 1 aromatic carbocycles. The number of pyridine rings is 1. The third kappa shape index (κ3) is 1.73. The number of fused-ring (bicyclic) bond motifs is 1. The fourth-order valence-corrected chi connectivity index (χ4v) is 1.55. The fourth-order valence-electron chi connectivity index (χ4n) is 1.55. The molecule has 0 saturated heterocycles. The van der Waals surface area contributed by atoms with Crippen LogP contribution in [0.4, 0.5) is 0 Å². The quantitative estimate of drug-likeness (QED) is 0.751. The number of hydrogen-bond acceptors (Lipinski definition) is 3. The molecule has 1 heterocycles. The standard InChI is InChI=1S/C12H13NO2/c1-8-4-5-9-6-10(14-2)7-11(15-3)12(9)13-8/h4-7H,1-3H3. The van der Waals surface area contributed by atoms with Crippen molar-refractivity contribution in [1.29, 1.82) is 0 Å². The summed E-state index contributed by atoms with van der Waals surface area (Å²) in [7, 11) is 3.28. The van der Waals surface area contributed by atoms with Gasteiger partial charge in [-0.3, -0.25) is 0 Å². The van der Waals surface area contributed by atoms with Crippen molar-refractivity contribution in [3.63, 3.8) is 0 Å². The number of methoxy groups -OCH3 is 2. The summed E-state index contributed by atoms with van der Waals surface area (Å²) < 4.78 is 10.5. The molecule has 15 heavy (non-hydrogen) atoms. The van der Waals surface area contributed by atoms with Gasteiger partial charge < -0.3 is 9.47 Å². The minimum Gasteiger partial charge on any atom is -0.497 e. The predicted octanol–water partition coefficient (Wildman–Crippen LogP) is 2.56. The Morgan fingerprint density at radius 1 is 1.07 bits per heavy atom. The summed E-state index contributed by atoms with van der Waals surface area (Å²) in [6.07, 6.45) is 0. The van der Waals surface area contributed by atoms with E-state index in [2.05, 4.69) is 4.98 Å². The van der Waals surface area contributed by atoms with Crippen LogP contribution in [-0.4, -0.2) is 19.2 Å². The van der Waals surface area contributed by atoms with Crippen molar-refractivity contribution in [3.8, 4) is 11.5 Å². The molecule has 0 saturated carbocycles. The average molecular weight is 203 g/mol. The summed E-state index contributed by atoms with van der Waals surface area (Å²) in [5.74, 6) is 1.53. The van der Waals surface area contributed by atoms with E-state index in [1.165, 1.54) is 0 Å². The highest BCUT2D eigenvalue weighted by atomic mass is 16.5. The maximum Gasteiger partial charge on any atom is 0.148 e. The van der Waals surface area contributed by atoms with Gasteiger partial charge in [-0.15, -0.1) is 0 Å². The summed E-state index contributed by atoms with van der Waals surface area (Å²) in [5, 5.41) is 1.02. The van der Waals surface area contributed by atoms with Crippen LogP contribution in [0.1, 0.15) is 5.69 Å². The Kier molecular flexibility index (Phi) is 2.46. The summed E-state index contributed by atoms with van der Waals surface area (Å²) in [5.41, 5.74) is 1.85. The molecule has 0 bridgehead atoms. The first-order valence-electron chi connectivity index (χ1n) is 4.74. The number of aryl methyl sites for hydroxylation is 1. The molecule has 0 aliphatic heterocycles. The lowest BCUT2D eigenvalue weighted by atomic mass is 10.2. The second-order valence-corrected chi connectivity index (χ2v) is 3.35. The van der Waals surface area contributed by atoms with E-state index in [4.69, 9.17) is 9.47 Å². The van der Waals surface area contributed by atoms with Gasteiger partial charge in [0.05, 0.1) is 14.2 Å². The van der Waals surface area contributed by atoms with Crippen molar-refractivity contribution in [2.75, 3.05) is 14.2 Å². The maximum atomic E-state index is 5.28. The number of aromatic nitrogens is 1. The Hall–Kier alpha value is -1.77. The van der Waals surface area contributed by atoms with Gasteiger partial charge in [0.15, 0.2) is 0 Å². The van der Waals surface area contributed by atoms with Crippen molar-refractivity contribution >= 4 is 10.9 Å². The monoisotopic (exact) mass is 203 g/mol. The van der Waals surface area contributed by atoms with Gasteiger partial charge in [-0.05, 0) is 19.1 Å². The molecular formula is C12H13NO2. The molecule has 3 heteroatoms. The SMILES string of the molecule is COc1cc(OC)c2nc(C)ccc2c1. The van der Waals surface area contributed by atoms with Crippen molar-refractivity contribution in [2.45, 2.75) is 6.92 Å². The van der Waals surface area contributed by atoms with Crippen LogP contribution >= 0.6 is 0 Å². The predicted molar refractivity (Wildman–Crippen MR) is 59.6 cm³/mol. The average Bonchev–Trinajstić information content (AvgIpc) is 2.27. The normalized spacial score (nSPS) is 10.3. The molecule has 0 fully saturated rings. The minimum atomic E-state index is 0.744. The van der Waals surface area contributed by atoms with E-state index in [0.29, 0.717) is 0 Å². The second kappa shape index (κ2) is 3.77. The highest BCUT2D eigenvalue weighted by molar-refractivity contribution is 5.86. The van der Waals surface area contributed by atoms with Crippen LogP contribution in [0.5, 0.6) is 11.5 Å². The maximum absolute atomic E-state index is 5.28. The van der Waals surface area contributed by atoms with Gasteiger partial charge in [0.2, 0.25) is 0 Å². The topological polar surface area (TPSA) is 31.4 Å². The van der Waals surface area contributed by atoms with Gasteiger partial charge in [0, 0.05) is 17.1 Å². The van der Waals surface area contributed by atoms with Crippen LogP contribution < -0.4 is 9.47 Å². The Balaban J connectivity index is 2.75. The molecule has 0 N–H and O–H groups in total. The lowest BCUT2D eigenvalue weighted by Crippen LogP contribution is -1.91. The highest BCUT2D eigenvalue weighted by Gasteiger charge is 2.06. The Morgan fingerprint density at radius 3 is 2.53 bits per heavy atom. The molecule has 0 atom stereocenters. The molecule has 3 nitrogen and oxygen atoms in total. The molecule has 0 unspecified atom stereocenters. The van der Waals surface area contributed by atoms with Gasteiger partial charge in [0.1, 0.15) is 17.0 Å². The third-order valence-electron chi connectivity index (χ3n) is 2.33. The second-order valence-electron chi connectivity index (χ2n) is 3.35. The summed E-state index contributed by atoms with van der Waals surface area (Å²) >= 11 is 0. The van der Waals surface area contributed by atoms with E-state index in [9.17, 15) is 0 Å². The van der Waals surface area contributed by atoms with Gasteiger partial charge >= 0.3 is 0 Å². The van der Waals surface area contributed by atoms with Gasteiger partial charge in [-0.2, -0.15) is 0 Å². The van der Waals surface area contributed by atoms with E-state index >= 15 is 0 Å². The Labute approximate surface area is 88.7 Å². The van der Waals surface area contributed by atoms with Gasteiger partial charge in [-0.25, -0.2) is 4.98 Å². The molecule has 78 valence electrons. The molecule has 1 aromatic heterocycles. The number of rotatable bonds is 2. The lowest BCUT2D eigenvalue weighted by Gasteiger charge is -2.08. The van der Waals surface area contributed by atoms with Crippen LogP contribution in [0.3, 0.4) is 0 Å². The van der Waals surface area contributed by atoms with Crippen LogP contribution in [-0.2, 0) is 0 Å². The fraction of sp³-hybridized carbons (Fsp3) is 0.250. The minimum absolute atomic E-state index is 0.744. The molecule has 0 radical (unpaired) electrons. The van der Waals surface area contributed by atoms with Crippen molar-refractivity contribution in [3.05, 3.63) is 30.0 Å². The van der Waals surface area contributed by atoms with E-state index in [1.54, 1.807) is 14.2 Å². The number of benzene rings is 1. The number of ether oxygens (including phenoxy) is 2. The van der Waals surface area contributed by atoms with Crippen molar-refractivity contribution < 1.29 is 9.47 Å². The van der Waals surface area contributed by atoms with E-state index < -0.39 is 0 Å². The zero-order valence-corrected chi connectivity index (χ0v) is 9.07. The highest BCUT2D eigenvalue weighted by Crippen LogP contribution is 2.29. The van der Waals surface area contributed by atoms with Crippen molar-refractivity contribution in [1.82, 2.24) is 4.98 Å². The largest absolute Gasteiger partial charge is 0.497 e.